The molecule has 1 saturated heterocycles. The lowest BCUT2D eigenvalue weighted by molar-refractivity contribution is 0.172. The number of hydrogen-bond acceptors (Lipinski definition) is 3. The Morgan fingerprint density at radius 2 is 2.06 bits per heavy atom. The van der Waals surface area contributed by atoms with Crippen LogP contribution in [0.3, 0.4) is 0 Å². The van der Waals surface area contributed by atoms with Crippen molar-refractivity contribution in [1.82, 2.24) is 19.4 Å². The van der Waals surface area contributed by atoms with E-state index in [1.807, 2.05) is 6.33 Å². The molecule has 1 aromatic rings. The normalized spacial score (nSPS) is 19.1. The van der Waals surface area contributed by atoms with Gasteiger partial charge in [0.05, 0.1) is 12.0 Å². The van der Waals surface area contributed by atoms with Crippen molar-refractivity contribution < 1.29 is 0 Å². The number of hydrogen-bond donors (Lipinski definition) is 0. The van der Waals surface area contributed by atoms with E-state index < -0.39 is 0 Å². The SMILES string of the molecule is Cc1cn(C2CCN(CCN(C)C)CC2)cn1. The minimum absolute atomic E-state index is 0.659. The third kappa shape index (κ3) is 3.54. The summed E-state index contributed by atoms with van der Waals surface area (Å²) in [5.74, 6) is 0. The van der Waals surface area contributed by atoms with Crippen molar-refractivity contribution in [2.45, 2.75) is 25.8 Å². The molecule has 0 unspecified atom stereocenters. The van der Waals surface area contributed by atoms with Gasteiger partial charge in [-0.15, -0.1) is 0 Å². The van der Waals surface area contributed by atoms with Gasteiger partial charge in [0, 0.05) is 38.4 Å². The van der Waals surface area contributed by atoms with Crippen molar-refractivity contribution in [1.29, 1.82) is 0 Å². The highest BCUT2D eigenvalue weighted by Crippen LogP contribution is 2.22. The monoisotopic (exact) mass is 236 g/mol. The highest BCUT2D eigenvalue weighted by molar-refractivity contribution is 4.95. The molecular formula is C13H24N4. The predicted octanol–water partition coefficient (Wildman–Crippen LogP) is 1.39. The molecular weight excluding hydrogens is 212 g/mol. The van der Waals surface area contributed by atoms with Crippen LogP contribution >= 0.6 is 0 Å². The summed E-state index contributed by atoms with van der Waals surface area (Å²) < 4.78 is 2.29. The highest BCUT2D eigenvalue weighted by Gasteiger charge is 2.19. The third-order valence-corrected chi connectivity index (χ3v) is 3.57. The van der Waals surface area contributed by atoms with Gasteiger partial charge >= 0.3 is 0 Å². The number of piperidine rings is 1. The second kappa shape index (κ2) is 5.65. The first kappa shape index (κ1) is 12.6. The molecule has 0 amide bonds. The fourth-order valence-electron chi connectivity index (χ4n) is 2.42. The molecule has 2 heterocycles. The summed E-state index contributed by atoms with van der Waals surface area (Å²) in [7, 11) is 4.28. The van der Waals surface area contributed by atoms with Crippen LogP contribution in [0.2, 0.25) is 0 Å². The molecule has 1 aliphatic heterocycles. The molecule has 0 atom stereocenters. The average molecular weight is 236 g/mol. The Hall–Kier alpha value is -0.870. The summed E-state index contributed by atoms with van der Waals surface area (Å²) in [6.07, 6.45) is 6.65. The lowest BCUT2D eigenvalue weighted by Gasteiger charge is -2.33. The summed E-state index contributed by atoms with van der Waals surface area (Å²) in [6.45, 7) is 6.85. The summed E-state index contributed by atoms with van der Waals surface area (Å²) >= 11 is 0. The second-order valence-electron chi connectivity index (χ2n) is 5.34. The Bertz CT molecular complexity index is 337. The van der Waals surface area contributed by atoms with E-state index in [9.17, 15) is 0 Å². The van der Waals surface area contributed by atoms with Gasteiger partial charge in [-0.25, -0.2) is 4.98 Å². The first-order valence-corrected chi connectivity index (χ1v) is 6.52. The van der Waals surface area contributed by atoms with Gasteiger partial charge in [-0.05, 0) is 33.9 Å². The third-order valence-electron chi connectivity index (χ3n) is 3.57. The van der Waals surface area contributed by atoms with E-state index in [0.29, 0.717) is 6.04 Å². The maximum absolute atomic E-state index is 4.31. The van der Waals surface area contributed by atoms with Gasteiger partial charge in [0.15, 0.2) is 0 Å². The van der Waals surface area contributed by atoms with Crippen LogP contribution in [0.25, 0.3) is 0 Å². The van der Waals surface area contributed by atoms with Crippen molar-refractivity contribution in [3.8, 4) is 0 Å². The molecule has 4 heteroatoms. The molecule has 17 heavy (non-hydrogen) atoms. The van der Waals surface area contributed by atoms with Crippen LogP contribution in [0, 0.1) is 6.92 Å². The van der Waals surface area contributed by atoms with Crippen molar-refractivity contribution >= 4 is 0 Å². The van der Waals surface area contributed by atoms with Gasteiger partial charge < -0.3 is 14.4 Å². The molecule has 96 valence electrons. The molecule has 1 fully saturated rings. The molecule has 0 N–H and O–H groups in total. The van der Waals surface area contributed by atoms with Crippen molar-refractivity contribution in [2.75, 3.05) is 40.3 Å². The van der Waals surface area contributed by atoms with Crippen LogP contribution in [-0.4, -0.2) is 59.6 Å². The number of rotatable bonds is 4. The fourth-order valence-corrected chi connectivity index (χ4v) is 2.42. The zero-order valence-corrected chi connectivity index (χ0v) is 11.3. The van der Waals surface area contributed by atoms with Gasteiger partial charge in [-0.3, -0.25) is 0 Å². The lowest BCUT2D eigenvalue weighted by atomic mass is 10.1. The Labute approximate surface area is 104 Å². The number of likely N-dealkylation sites (N-methyl/N-ethyl adjacent to an activating group) is 1. The lowest BCUT2D eigenvalue weighted by Crippen LogP contribution is -2.38. The largest absolute Gasteiger partial charge is 0.334 e. The van der Waals surface area contributed by atoms with Crippen LogP contribution < -0.4 is 0 Å². The van der Waals surface area contributed by atoms with Crippen LogP contribution in [-0.2, 0) is 0 Å². The summed E-state index contributed by atoms with van der Waals surface area (Å²) in [4.78, 5) is 9.14. The topological polar surface area (TPSA) is 24.3 Å². The number of imidazole rings is 1. The van der Waals surface area contributed by atoms with Crippen molar-refractivity contribution in [2.24, 2.45) is 0 Å². The van der Waals surface area contributed by atoms with Crippen LogP contribution in [0.1, 0.15) is 24.6 Å². The van der Waals surface area contributed by atoms with Gasteiger partial charge in [0.2, 0.25) is 0 Å². The summed E-state index contributed by atoms with van der Waals surface area (Å²) in [5, 5.41) is 0. The van der Waals surface area contributed by atoms with E-state index in [1.54, 1.807) is 0 Å². The molecule has 0 spiro atoms. The van der Waals surface area contributed by atoms with E-state index in [2.05, 4.69) is 46.6 Å². The summed E-state index contributed by atoms with van der Waals surface area (Å²) in [5.41, 5.74) is 1.13. The number of nitrogens with zero attached hydrogens (tertiary/aromatic N) is 4. The minimum atomic E-state index is 0.659. The van der Waals surface area contributed by atoms with E-state index in [-0.39, 0.29) is 0 Å². The van der Waals surface area contributed by atoms with Gasteiger partial charge in [0.25, 0.3) is 0 Å². The standard InChI is InChI=1S/C13H24N4/c1-12-10-17(11-14-12)13-4-6-16(7-5-13)9-8-15(2)3/h10-11,13H,4-9H2,1-3H3. The Morgan fingerprint density at radius 1 is 1.35 bits per heavy atom. The Kier molecular flexibility index (Phi) is 4.18. The van der Waals surface area contributed by atoms with Crippen LogP contribution in [0.4, 0.5) is 0 Å². The number of likely N-dealkylation sites (tertiary alicyclic amines) is 1. The second-order valence-corrected chi connectivity index (χ2v) is 5.34. The first-order valence-electron chi connectivity index (χ1n) is 6.52. The number of aryl methyl sites for hydroxylation is 1. The van der Waals surface area contributed by atoms with Gasteiger partial charge in [-0.2, -0.15) is 0 Å². The zero-order chi connectivity index (χ0) is 12.3. The number of aromatic nitrogens is 2. The van der Waals surface area contributed by atoms with E-state index in [1.165, 1.54) is 32.5 Å². The molecule has 1 aromatic heterocycles. The fraction of sp³-hybridized carbons (Fsp3) is 0.769. The maximum atomic E-state index is 4.31. The predicted molar refractivity (Wildman–Crippen MR) is 70.2 cm³/mol. The molecule has 0 bridgehead atoms. The molecule has 2 rings (SSSR count). The highest BCUT2D eigenvalue weighted by atomic mass is 15.2. The van der Waals surface area contributed by atoms with Crippen molar-refractivity contribution in [3.05, 3.63) is 18.2 Å². The van der Waals surface area contributed by atoms with Crippen molar-refractivity contribution in [3.63, 3.8) is 0 Å². The Balaban J connectivity index is 1.78. The van der Waals surface area contributed by atoms with E-state index >= 15 is 0 Å². The molecule has 0 saturated carbocycles. The quantitative estimate of drug-likeness (QED) is 0.789. The van der Waals surface area contributed by atoms with E-state index in [0.717, 1.165) is 12.2 Å². The zero-order valence-electron chi connectivity index (χ0n) is 11.3. The molecule has 0 radical (unpaired) electrons. The molecule has 1 aliphatic rings. The minimum Gasteiger partial charge on any atom is -0.334 e. The van der Waals surface area contributed by atoms with Crippen LogP contribution in [0.5, 0.6) is 0 Å². The first-order chi connectivity index (χ1) is 8.15. The Morgan fingerprint density at radius 3 is 2.59 bits per heavy atom. The molecule has 4 nitrogen and oxygen atoms in total. The van der Waals surface area contributed by atoms with Gasteiger partial charge in [-0.1, -0.05) is 0 Å². The average Bonchev–Trinajstić information content (AvgIpc) is 2.74. The molecule has 0 aliphatic carbocycles. The molecule has 0 aromatic carbocycles. The van der Waals surface area contributed by atoms with E-state index in [4.69, 9.17) is 0 Å². The maximum Gasteiger partial charge on any atom is 0.0951 e. The van der Waals surface area contributed by atoms with Gasteiger partial charge in [0.1, 0.15) is 0 Å². The summed E-state index contributed by atoms with van der Waals surface area (Å²) in [6, 6.07) is 0.659. The smallest absolute Gasteiger partial charge is 0.0951 e. The van der Waals surface area contributed by atoms with Crippen LogP contribution in [0.15, 0.2) is 12.5 Å².